The number of esters is 1. The maximum absolute atomic E-state index is 13.0. The molecule has 2 aromatic rings. The summed E-state index contributed by atoms with van der Waals surface area (Å²) in [5.74, 6) is -0.567. The number of methoxy groups -OCH3 is 1. The second kappa shape index (κ2) is 6.47. The van der Waals surface area contributed by atoms with Crippen LogP contribution in [0.15, 0.2) is 30.6 Å². The van der Waals surface area contributed by atoms with Crippen molar-refractivity contribution < 1.29 is 22.7 Å². The van der Waals surface area contributed by atoms with Crippen molar-refractivity contribution in [2.75, 3.05) is 7.11 Å². The van der Waals surface area contributed by atoms with Gasteiger partial charge in [-0.3, -0.25) is 4.79 Å². The number of ether oxygens (including phenoxy) is 1. The standard InChI is InChI=1S/C16H10F3N3O2/c1-24-15(23)9-22-7-12(6-21)14(8-22)11-2-10(5-20)3-13(4-11)16(17,18)19/h2-4,7-8H,9H2,1H3. The molecule has 0 amide bonds. The third kappa shape index (κ3) is 3.55. The number of carbonyl (C=O) groups is 1. The molecule has 0 aliphatic heterocycles. The third-order valence-corrected chi connectivity index (χ3v) is 3.24. The van der Waals surface area contributed by atoms with E-state index in [4.69, 9.17) is 5.26 Å². The minimum absolute atomic E-state index is 0.0709. The smallest absolute Gasteiger partial charge is 0.416 e. The van der Waals surface area contributed by atoms with E-state index in [1.165, 1.54) is 30.1 Å². The van der Waals surface area contributed by atoms with Gasteiger partial charge in [0.1, 0.15) is 12.6 Å². The number of carbonyl (C=O) groups excluding carboxylic acids is 1. The molecule has 1 aromatic carbocycles. The van der Waals surface area contributed by atoms with Crippen LogP contribution >= 0.6 is 0 Å². The number of aromatic nitrogens is 1. The van der Waals surface area contributed by atoms with Crippen LogP contribution in [0.4, 0.5) is 13.2 Å². The second-order valence-electron chi connectivity index (χ2n) is 4.85. The predicted molar refractivity (Wildman–Crippen MR) is 76.3 cm³/mol. The van der Waals surface area contributed by atoms with Crippen molar-refractivity contribution in [3.8, 4) is 23.3 Å². The molecule has 0 aliphatic carbocycles. The molecular weight excluding hydrogens is 323 g/mol. The fraction of sp³-hybridized carbons (Fsp3) is 0.188. The van der Waals surface area contributed by atoms with E-state index in [0.29, 0.717) is 0 Å². The summed E-state index contributed by atoms with van der Waals surface area (Å²) in [6.45, 7) is -0.185. The summed E-state index contributed by atoms with van der Waals surface area (Å²) in [6, 6.07) is 6.39. The summed E-state index contributed by atoms with van der Waals surface area (Å²) >= 11 is 0. The van der Waals surface area contributed by atoms with Gasteiger partial charge in [-0.2, -0.15) is 23.7 Å². The predicted octanol–water partition coefficient (Wildman–Crippen LogP) is 3.09. The van der Waals surface area contributed by atoms with E-state index in [0.717, 1.165) is 12.1 Å². The van der Waals surface area contributed by atoms with Gasteiger partial charge in [0.15, 0.2) is 0 Å². The molecule has 0 fully saturated rings. The van der Waals surface area contributed by atoms with Gasteiger partial charge in [0.2, 0.25) is 0 Å². The van der Waals surface area contributed by atoms with Gasteiger partial charge in [0.05, 0.1) is 29.9 Å². The van der Waals surface area contributed by atoms with E-state index in [-0.39, 0.29) is 28.8 Å². The number of nitriles is 2. The summed E-state index contributed by atoms with van der Waals surface area (Å²) in [6.07, 6.45) is -1.92. The minimum Gasteiger partial charge on any atom is -0.468 e. The number of nitrogens with zero attached hydrogens (tertiary/aromatic N) is 3. The quantitative estimate of drug-likeness (QED) is 0.809. The van der Waals surface area contributed by atoms with E-state index in [2.05, 4.69) is 4.74 Å². The van der Waals surface area contributed by atoms with Gasteiger partial charge >= 0.3 is 12.1 Å². The number of hydrogen-bond acceptors (Lipinski definition) is 4. The Morgan fingerprint density at radius 3 is 2.46 bits per heavy atom. The monoisotopic (exact) mass is 333 g/mol. The molecule has 0 aliphatic rings. The largest absolute Gasteiger partial charge is 0.468 e. The Morgan fingerprint density at radius 2 is 1.92 bits per heavy atom. The molecule has 8 heteroatoms. The Labute approximate surface area is 135 Å². The van der Waals surface area contributed by atoms with Gasteiger partial charge in [-0.25, -0.2) is 0 Å². The zero-order chi connectivity index (χ0) is 17.9. The van der Waals surface area contributed by atoms with E-state index < -0.39 is 17.7 Å². The maximum Gasteiger partial charge on any atom is 0.416 e. The van der Waals surface area contributed by atoms with Crippen LogP contribution in [0.3, 0.4) is 0 Å². The molecule has 0 saturated carbocycles. The van der Waals surface area contributed by atoms with Crippen molar-refractivity contribution in [3.05, 3.63) is 47.3 Å². The summed E-state index contributed by atoms with van der Waals surface area (Å²) < 4.78 is 44.7. The summed E-state index contributed by atoms with van der Waals surface area (Å²) in [5.41, 5.74) is -0.807. The molecule has 0 radical (unpaired) electrons. The number of hydrogen-bond donors (Lipinski definition) is 0. The normalized spacial score (nSPS) is 10.8. The van der Waals surface area contributed by atoms with Crippen molar-refractivity contribution in [3.63, 3.8) is 0 Å². The molecule has 24 heavy (non-hydrogen) atoms. The van der Waals surface area contributed by atoms with Crippen LogP contribution < -0.4 is 0 Å². The molecule has 1 aromatic heterocycles. The van der Waals surface area contributed by atoms with Gasteiger partial charge in [-0.15, -0.1) is 0 Å². The molecule has 5 nitrogen and oxygen atoms in total. The summed E-state index contributed by atoms with van der Waals surface area (Å²) in [5, 5.41) is 18.1. The van der Waals surface area contributed by atoms with Gasteiger partial charge < -0.3 is 9.30 Å². The van der Waals surface area contributed by atoms with Gasteiger partial charge in [-0.05, 0) is 23.8 Å². The first-order chi connectivity index (χ1) is 11.3. The Morgan fingerprint density at radius 1 is 1.21 bits per heavy atom. The van der Waals surface area contributed by atoms with Crippen molar-refractivity contribution in [1.29, 1.82) is 10.5 Å². The first kappa shape index (κ1) is 17.1. The van der Waals surface area contributed by atoms with Crippen LogP contribution in [-0.2, 0) is 22.3 Å². The van der Waals surface area contributed by atoms with Crippen molar-refractivity contribution in [2.24, 2.45) is 0 Å². The van der Waals surface area contributed by atoms with Gasteiger partial charge in [0.25, 0.3) is 0 Å². The molecular formula is C16H10F3N3O2. The van der Waals surface area contributed by atoms with Gasteiger partial charge in [0, 0.05) is 18.0 Å². The molecule has 0 spiro atoms. The molecule has 0 unspecified atom stereocenters. The molecule has 0 bridgehead atoms. The Bertz CT molecular complexity index is 870. The molecule has 0 atom stereocenters. The number of halogens is 3. The highest BCUT2D eigenvalue weighted by atomic mass is 19.4. The van der Waals surface area contributed by atoms with E-state index in [9.17, 15) is 23.2 Å². The Kier molecular flexibility index (Phi) is 4.61. The van der Waals surface area contributed by atoms with Crippen molar-refractivity contribution in [2.45, 2.75) is 12.7 Å². The molecule has 1 heterocycles. The van der Waals surface area contributed by atoms with Crippen LogP contribution in [0.2, 0.25) is 0 Å². The van der Waals surface area contributed by atoms with E-state index in [1.54, 1.807) is 6.07 Å². The lowest BCUT2D eigenvalue weighted by atomic mass is 9.99. The fourth-order valence-corrected chi connectivity index (χ4v) is 2.14. The molecule has 2 rings (SSSR count). The van der Waals surface area contributed by atoms with Gasteiger partial charge in [-0.1, -0.05) is 0 Å². The fourth-order valence-electron chi connectivity index (χ4n) is 2.14. The van der Waals surface area contributed by atoms with Crippen LogP contribution in [0.5, 0.6) is 0 Å². The zero-order valence-corrected chi connectivity index (χ0v) is 12.4. The maximum atomic E-state index is 13.0. The number of benzene rings is 1. The highest BCUT2D eigenvalue weighted by molar-refractivity contribution is 5.74. The molecule has 122 valence electrons. The van der Waals surface area contributed by atoms with Crippen LogP contribution in [0, 0.1) is 22.7 Å². The molecule has 0 N–H and O–H groups in total. The lowest BCUT2D eigenvalue weighted by Crippen LogP contribution is -2.09. The topological polar surface area (TPSA) is 78.8 Å². The highest BCUT2D eigenvalue weighted by Gasteiger charge is 2.31. The van der Waals surface area contributed by atoms with Crippen LogP contribution in [0.1, 0.15) is 16.7 Å². The van der Waals surface area contributed by atoms with Crippen LogP contribution in [0.25, 0.3) is 11.1 Å². The number of rotatable bonds is 3. The average Bonchev–Trinajstić information content (AvgIpc) is 2.96. The second-order valence-corrected chi connectivity index (χ2v) is 4.85. The Balaban J connectivity index is 2.57. The lowest BCUT2D eigenvalue weighted by molar-refractivity contribution is -0.141. The first-order valence-corrected chi connectivity index (χ1v) is 6.58. The number of alkyl halides is 3. The van der Waals surface area contributed by atoms with Crippen molar-refractivity contribution in [1.82, 2.24) is 4.57 Å². The summed E-state index contributed by atoms with van der Waals surface area (Å²) in [7, 11) is 1.20. The Hall–Kier alpha value is -3.26. The lowest BCUT2D eigenvalue weighted by Gasteiger charge is -2.09. The highest BCUT2D eigenvalue weighted by Crippen LogP contribution is 2.34. The average molecular weight is 333 g/mol. The summed E-state index contributed by atoms with van der Waals surface area (Å²) in [4.78, 5) is 11.3. The van der Waals surface area contributed by atoms with Crippen LogP contribution in [-0.4, -0.2) is 17.6 Å². The third-order valence-electron chi connectivity index (χ3n) is 3.24. The molecule has 0 saturated heterocycles. The zero-order valence-electron chi connectivity index (χ0n) is 12.4. The van der Waals surface area contributed by atoms with E-state index >= 15 is 0 Å². The minimum atomic E-state index is -4.62. The first-order valence-electron chi connectivity index (χ1n) is 6.58. The van der Waals surface area contributed by atoms with Crippen molar-refractivity contribution >= 4 is 5.97 Å². The van der Waals surface area contributed by atoms with E-state index in [1.807, 2.05) is 6.07 Å². The SMILES string of the molecule is COC(=O)Cn1cc(C#N)c(-c2cc(C#N)cc(C(F)(F)F)c2)c1.